The van der Waals surface area contributed by atoms with Crippen molar-refractivity contribution in [2.75, 3.05) is 13.1 Å². The summed E-state index contributed by atoms with van der Waals surface area (Å²) in [4.78, 5) is 23.8. The summed E-state index contributed by atoms with van der Waals surface area (Å²) in [5, 5.41) is 14.4. The second-order valence-electron chi connectivity index (χ2n) is 9.27. The number of hydrogen-bond acceptors (Lipinski definition) is 6. The summed E-state index contributed by atoms with van der Waals surface area (Å²) in [7, 11) is 0. The molecule has 0 bridgehead atoms. The van der Waals surface area contributed by atoms with Gasteiger partial charge in [0.1, 0.15) is 5.82 Å². The predicted molar refractivity (Wildman–Crippen MR) is 110 cm³/mol. The first-order valence-electron chi connectivity index (χ1n) is 10.3. The number of aryl methyl sites for hydroxylation is 1. The summed E-state index contributed by atoms with van der Waals surface area (Å²) in [6.45, 7) is 11.0. The van der Waals surface area contributed by atoms with E-state index in [2.05, 4.69) is 15.3 Å². The first-order valence-corrected chi connectivity index (χ1v) is 10.3. The van der Waals surface area contributed by atoms with Gasteiger partial charge >= 0.3 is 0 Å². The highest BCUT2D eigenvalue weighted by Crippen LogP contribution is 2.52. The van der Waals surface area contributed by atoms with Crippen molar-refractivity contribution >= 4 is 16.8 Å². The van der Waals surface area contributed by atoms with E-state index in [1.54, 1.807) is 0 Å². The van der Waals surface area contributed by atoms with Crippen LogP contribution in [0.15, 0.2) is 24.3 Å². The molecule has 0 spiro atoms. The van der Waals surface area contributed by atoms with Gasteiger partial charge in [-0.15, -0.1) is 0 Å². The summed E-state index contributed by atoms with van der Waals surface area (Å²) in [6, 6.07) is 7.68. The first-order chi connectivity index (χ1) is 13.6. The Balaban J connectivity index is 1.38. The van der Waals surface area contributed by atoms with Crippen LogP contribution in [-0.2, 0) is 9.53 Å². The molecule has 1 amide bonds. The van der Waals surface area contributed by atoms with Crippen LogP contribution in [-0.4, -0.2) is 51.0 Å². The molecule has 1 saturated carbocycles. The summed E-state index contributed by atoms with van der Waals surface area (Å²) in [5.74, 6) is 1.34. The predicted octanol–water partition coefficient (Wildman–Crippen LogP) is 2.38. The smallest absolute Gasteiger partial charge is 0.224 e. The molecule has 2 unspecified atom stereocenters. The number of amides is 1. The van der Waals surface area contributed by atoms with E-state index in [1.807, 2.05) is 63.8 Å². The molecular weight excluding hydrogens is 368 g/mol. The van der Waals surface area contributed by atoms with E-state index in [1.165, 1.54) is 0 Å². The lowest BCUT2D eigenvalue weighted by atomic mass is 10.1. The number of benzene rings is 1. The molecule has 7 nitrogen and oxygen atoms in total. The third-order valence-electron chi connectivity index (χ3n) is 5.81. The number of ether oxygens (including phenoxy) is 1. The Morgan fingerprint density at radius 2 is 1.90 bits per heavy atom. The van der Waals surface area contributed by atoms with Crippen molar-refractivity contribution < 1.29 is 14.6 Å². The van der Waals surface area contributed by atoms with Gasteiger partial charge in [-0.2, -0.15) is 0 Å². The van der Waals surface area contributed by atoms with Crippen LogP contribution in [0.4, 0.5) is 0 Å². The van der Waals surface area contributed by atoms with E-state index in [0.717, 1.165) is 16.6 Å². The number of rotatable bonds is 5. The quantitative estimate of drug-likeness (QED) is 0.752. The molecule has 2 aromatic rings. The van der Waals surface area contributed by atoms with Gasteiger partial charge in [0.15, 0.2) is 0 Å². The number of piperidine rings is 1. The van der Waals surface area contributed by atoms with Crippen LogP contribution in [0.3, 0.4) is 0 Å². The molecule has 1 aliphatic carbocycles. The Labute approximate surface area is 171 Å². The molecule has 2 N–H and O–H groups in total. The average molecular weight is 399 g/mol. The fourth-order valence-electron chi connectivity index (χ4n) is 4.45. The zero-order valence-corrected chi connectivity index (χ0v) is 17.7. The number of aliphatic hydroxyl groups is 1. The third-order valence-corrected chi connectivity index (χ3v) is 5.81. The lowest BCUT2D eigenvalue weighted by Gasteiger charge is -2.31. The van der Waals surface area contributed by atoms with Gasteiger partial charge < -0.3 is 15.2 Å². The minimum absolute atomic E-state index is 0.00438. The van der Waals surface area contributed by atoms with Crippen LogP contribution in [0.25, 0.3) is 10.9 Å². The van der Waals surface area contributed by atoms with Gasteiger partial charge in [-0.3, -0.25) is 9.69 Å². The SMILES string of the molecule is Cc1nc(C(C)NC(=O)[C@H]2[C@@H]3CN(C(O)OC(C)(C)C)C[C@@H]32)c2ccccc2n1. The molecule has 1 aromatic carbocycles. The monoisotopic (exact) mass is 398 g/mol. The highest BCUT2D eigenvalue weighted by Gasteiger charge is 2.60. The maximum atomic E-state index is 12.9. The number of nitrogens with zero attached hydrogens (tertiary/aromatic N) is 3. The van der Waals surface area contributed by atoms with Crippen molar-refractivity contribution in [2.45, 2.75) is 52.7 Å². The largest absolute Gasteiger partial charge is 0.356 e. The van der Waals surface area contributed by atoms with Crippen LogP contribution in [0.2, 0.25) is 0 Å². The Morgan fingerprint density at radius 3 is 2.55 bits per heavy atom. The molecule has 2 fully saturated rings. The number of aromatic nitrogens is 2. The van der Waals surface area contributed by atoms with Gasteiger partial charge in [0, 0.05) is 24.4 Å². The molecule has 156 valence electrons. The zero-order valence-electron chi connectivity index (χ0n) is 17.7. The normalized spacial score (nSPS) is 26.2. The topological polar surface area (TPSA) is 87.6 Å². The number of carbonyl (C=O) groups excluding carboxylic acids is 1. The molecule has 2 aliphatic rings. The highest BCUT2D eigenvalue weighted by molar-refractivity contribution is 5.85. The fraction of sp³-hybridized carbons (Fsp3) is 0.591. The van der Waals surface area contributed by atoms with Gasteiger partial charge in [-0.25, -0.2) is 9.97 Å². The minimum Gasteiger partial charge on any atom is -0.356 e. The molecule has 1 aliphatic heterocycles. The van der Waals surface area contributed by atoms with Gasteiger partial charge in [0.05, 0.1) is 22.9 Å². The number of likely N-dealkylation sites (tertiary alicyclic amines) is 1. The van der Waals surface area contributed by atoms with Crippen LogP contribution < -0.4 is 5.32 Å². The van der Waals surface area contributed by atoms with Crippen LogP contribution in [0.5, 0.6) is 0 Å². The number of para-hydroxylation sites is 1. The highest BCUT2D eigenvalue weighted by atomic mass is 16.6. The molecule has 4 rings (SSSR count). The zero-order chi connectivity index (χ0) is 20.9. The van der Waals surface area contributed by atoms with Crippen LogP contribution in [0.1, 0.15) is 45.3 Å². The van der Waals surface area contributed by atoms with E-state index in [9.17, 15) is 9.90 Å². The van der Waals surface area contributed by atoms with E-state index in [0.29, 0.717) is 18.9 Å². The average Bonchev–Trinajstić information content (AvgIpc) is 3.13. The third kappa shape index (κ3) is 4.13. The maximum absolute atomic E-state index is 12.9. The van der Waals surface area contributed by atoms with Crippen molar-refractivity contribution in [1.29, 1.82) is 0 Å². The van der Waals surface area contributed by atoms with Gasteiger partial charge in [-0.05, 0) is 52.5 Å². The molecule has 1 saturated heterocycles. The van der Waals surface area contributed by atoms with Gasteiger partial charge in [-0.1, -0.05) is 18.2 Å². The molecule has 5 atom stereocenters. The standard InChI is InChI=1S/C22H30N4O3/c1-12(19-14-8-6-7-9-17(14)24-13(2)25-19)23-20(27)18-15-10-26(11-16(15)18)21(28)29-22(3,4)5/h6-9,12,15-16,18,21,28H,10-11H2,1-5H3,(H,23,27)/t12?,15-,16+,18+,21?. The summed E-state index contributed by atoms with van der Waals surface area (Å²) >= 11 is 0. The second-order valence-corrected chi connectivity index (χ2v) is 9.27. The number of carbonyl (C=O) groups is 1. The van der Waals surface area contributed by atoms with Gasteiger partial charge in [0.2, 0.25) is 12.3 Å². The molecule has 2 heterocycles. The molecule has 7 heteroatoms. The van der Waals surface area contributed by atoms with Crippen molar-refractivity contribution in [2.24, 2.45) is 17.8 Å². The van der Waals surface area contributed by atoms with Gasteiger partial charge in [0.25, 0.3) is 0 Å². The van der Waals surface area contributed by atoms with Crippen molar-refractivity contribution in [1.82, 2.24) is 20.2 Å². The van der Waals surface area contributed by atoms with Crippen molar-refractivity contribution in [3.8, 4) is 0 Å². The Morgan fingerprint density at radius 1 is 1.24 bits per heavy atom. The number of nitrogens with one attached hydrogen (secondary N) is 1. The lowest BCUT2D eigenvalue weighted by molar-refractivity contribution is -0.236. The number of hydrogen-bond donors (Lipinski definition) is 2. The van der Waals surface area contributed by atoms with Crippen molar-refractivity contribution in [3.63, 3.8) is 0 Å². The molecule has 0 radical (unpaired) electrons. The maximum Gasteiger partial charge on any atom is 0.224 e. The summed E-state index contributed by atoms with van der Waals surface area (Å²) in [5.41, 5.74) is 1.34. The van der Waals surface area contributed by atoms with Crippen LogP contribution in [0, 0.1) is 24.7 Å². The second kappa shape index (κ2) is 7.31. The van der Waals surface area contributed by atoms with Crippen molar-refractivity contribution in [3.05, 3.63) is 35.8 Å². The molecule has 29 heavy (non-hydrogen) atoms. The molecular formula is C22H30N4O3. The summed E-state index contributed by atoms with van der Waals surface area (Å²) in [6.07, 6.45) is -0.916. The van der Waals surface area contributed by atoms with E-state index in [4.69, 9.17) is 4.74 Å². The van der Waals surface area contributed by atoms with E-state index in [-0.39, 0.29) is 29.7 Å². The Kier molecular flexibility index (Phi) is 5.09. The number of aliphatic hydroxyl groups excluding tert-OH is 1. The summed E-state index contributed by atoms with van der Waals surface area (Å²) < 4.78 is 5.63. The first kappa shape index (κ1) is 20.2. The fourth-order valence-corrected chi connectivity index (χ4v) is 4.45. The lowest BCUT2D eigenvalue weighted by Crippen LogP contribution is -2.43. The molecule has 1 aromatic heterocycles. The Hall–Kier alpha value is -2.09. The van der Waals surface area contributed by atoms with E-state index < -0.39 is 12.0 Å². The van der Waals surface area contributed by atoms with Crippen LogP contribution >= 0.6 is 0 Å². The number of fused-ring (bicyclic) bond motifs is 2. The van der Waals surface area contributed by atoms with E-state index >= 15 is 0 Å². The minimum atomic E-state index is -0.916. The Bertz CT molecular complexity index is 914.